The van der Waals surface area contributed by atoms with Gasteiger partial charge < -0.3 is 4.57 Å². The quantitative estimate of drug-likeness (QED) is 0.754. The zero-order valence-corrected chi connectivity index (χ0v) is 10.3. The van der Waals surface area contributed by atoms with Crippen molar-refractivity contribution in [3.05, 3.63) is 53.1 Å². The van der Waals surface area contributed by atoms with Crippen molar-refractivity contribution in [2.24, 2.45) is 0 Å². The summed E-state index contributed by atoms with van der Waals surface area (Å²) in [5.41, 5.74) is 5.27. The normalized spacial score (nSPS) is 13.4. The summed E-state index contributed by atoms with van der Waals surface area (Å²) in [6.07, 6.45) is 8.56. The first-order chi connectivity index (χ1) is 8.83. The topological polar surface area (TPSA) is 34.9 Å². The fourth-order valence-corrected chi connectivity index (χ4v) is 2.53. The lowest BCUT2D eigenvalue weighted by molar-refractivity contribution is 0.111. The minimum absolute atomic E-state index is 0.568. The molecule has 0 aliphatic carbocycles. The molecule has 0 saturated carbocycles. The predicted molar refractivity (Wildman–Crippen MR) is 71.1 cm³/mol. The molecule has 3 heteroatoms. The Bertz CT molecular complexity index is 638. The molecule has 1 aliphatic rings. The molecule has 90 valence electrons. The van der Waals surface area contributed by atoms with Crippen LogP contribution in [-0.4, -0.2) is 15.8 Å². The number of allylic oxidation sites excluding steroid dienone is 1. The second-order valence-electron chi connectivity index (χ2n) is 4.45. The van der Waals surface area contributed by atoms with E-state index in [1.54, 1.807) is 6.33 Å². The predicted octanol–water partition coefficient (Wildman–Crippen LogP) is 2.82. The van der Waals surface area contributed by atoms with Gasteiger partial charge in [0.25, 0.3) is 0 Å². The lowest BCUT2D eigenvalue weighted by Crippen LogP contribution is -2.12. The lowest BCUT2D eigenvalue weighted by Gasteiger charge is -2.19. The number of fused-ring (bicyclic) bond motifs is 3. The second kappa shape index (κ2) is 4.26. The summed E-state index contributed by atoms with van der Waals surface area (Å²) in [7, 11) is 0. The van der Waals surface area contributed by atoms with Crippen molar-refractivity contribution in [1.82, 2.24) is 9.55 Å². The van der Waals surface area contributed by atoms with Gasteiger partial charge in [0, 0.05) is 0 Å². The van der Waals surface area contributed by atoms with Crippen LogP contribution in [0, 0.1) is 0 Å². The Kier molecular flexibility index (Phi) is 2.59. The number of rotatable bonds is 2. The molecule has 0 atom stereocenters. The van der Waals surface area contributed by atoms with Crippen LogP contribution in [-0.2, 0) is 12.8 Å². The number of aldehydes is 1. The molecule has 3 rings (SSSR count). The van der Waals surface area contributed by atoms with Crippen LogP contribution in [0.1, 0.15) is 34.2 Å². The average molecular weight is 238 g/mol. The largest absolute Gasteiger partial charge is 0.302 e. The Labute approximate surface area is 106 Å². The molecule has 1 aromatic carbocycles. The molecule has 1 aliphatic heterocycles. The molecular weight excluding hydrogens is 224 g/mol. The summed E-state index contributed by atoms with van der Waals surface area (Å²) < 4.78 is 2.03. The van der Waals surface area contributed by atoms with Gasteiger partial charge >= 0.3 is 0 Å². The first-order valence-corrected chi connectivity index (χ1v) is 6.11. The summed E-state index contributed by atoms with van der Waals surface area (Å²) in [4.78, 5) is 15.1. The van der Waals surface area contributed by atoms with Crippen LogP contribution in [0.2, 0.25) is 0 Å². The maximum Gasteiger partial charge on any atom is 0.170 e. The Hall–Kier alpha value is -2.16. The molecule has 0 radical (unpaired) electrons. The van der Waals surface area contributed by atoms with Gasteiger partial charge in [0.15, 0.2) is 6.29 Å². The van der Waals surface area contributed by atoms with E-state index in [2.05, 4.69) is 29.3 Å². The van der Waals surface area contributed by atoms with E-state index in [4.69, 9.17) is 0 Å². The first kappa shape index (κ1) is 11.0. The molecule has 0 amide bonds. The molecule has 0 unspecified atom stereocenters. The van der Waals surface area contributed by atoms with Crippen LogP contribution in [0.4, 0.5) is 0 Å². The highest BCUT2D eigenvalue weighted by molar-refractivity contribution is 5.74. The van der Waals surface area contributed by atoms with Crippen LogP contribution < -0.4 is 0 Å². The van der Waals surface area contributed by atoms with Gasteiger partial charge in [-0.15, -0.1) is 0 Å². The molecular formula is C15H14N2O. The molecule has 0 N–H and O–H groups in total. The van der Waals surface area contributed by atoms with Gasteiger partial charge in [0.05, 0.1) is 11.4 Å². The van der Waals surface area contributed by atoms with E-state index in [0.717, 1.165) is 30.5 Å². The van der Waals surface area contributed by atoms with E-state index < -0.39 is 0 Å². The zero-order valence-electron chi connectivity index (χ0n) is 10.3. The van der Waals surface area contributed by atoms with Crippen molar-refractivity contribution in [2.45, 2.75) is 19.8 Å². The zero-order chi connectivity index (χ0) is 12.5. The third-order valence-electron chi connectivity index (χ3n) is 3.36. The Morgan fingerprint density at radius 2 is 2.22 bits per heavy atom. The molecule has 1 aromatic heterocycles. The molecule has 3 nitrogen and oxygen atoms in total. The highest BCUT2D eigenvalue weighted by Crippen LogP contribution is 2.27. The lowest BCUT2D eigenvalue weighted by atomic mass is 9.98. The van der Waals surface area contributed by atoms with Crippen molar-refractivity contribution < 1.29 is 4.79 Å². The maximum atomic E-state index is 10.9. The van der Waals surface area contributed by atoms with Crippen LogP contribution >= 0.6 is 0 Å². The van der Waals surface area contributed by atoms with Gasteiger partial charge in [-0.3, -0.25) is 4.79 Å². The van der Waals surface area contributed by atoms with Crippen LogP contribution in [0.25, 0.3) is 11.8 Å². The molecule has 18 heavy (non-hydrogen) atoms. The van der Waals surface area contributed by atoms with E-state index in [1.807, 2.05) is 17.6 Å². The number of aryl methyl sites for hydroxylation is 1. The Balaban J connectivity index is 2.13. The molecule has 0 spiro atoms. The van der Waals surface area contributed by atoms with Crippen molar-refractivity contribution >= 4 is 12.4 Å². The second-order valence-corrected chi connectivity index (χ2v) is 4.45. The van der Waals surface area contributed by atoms with Crippen LogP contribution in [0.3, 0.4) is 0 Å². The number of benzene rings is 1. The van der Waals surface area contributed by atoms with Gasteiger partial charge in [-0.1, -0.05) is 18.2 Å². The van der Waals surface area contributed by atoms with E-state index in [-0.39, 0.29) is 0 Å². The minimum atomic E-state index is 0.568. The third kappa shape index (κ3) is 1.59. The maximum absolute atomic E-state index is 10.9. The van der Waals surface area contributed by atoms with Crippen molar-refractivity contribution in [1.29, 1.82) is 0 Å². The summed E-state index contributed by atoms with van der Waals surface area (Å²) in [6.45, 7) is 2.02. The molecule has 0 saturated heterocycles. The Morgan fingerprint density at radius 3 is 3.00 bits per heavy atom. The Morgan fingerprint density at radius 1 is 1.33 bits per heavy atom. The van der Waals surface area contributed by atoms with Gasteiger partial charge in [-0.2, -0.15) is 0 Å². The van der Waals surface area contributed by atoms with Crippen LogP contribution in [0.5, 0.6) is 0 Å². The van der Waals surface area contributed by atoms with Gasteiger partial charge in [-0.05, 0) is 43.0 Å². The van der Waals surface area contributed by atoms with Crippen LogP contribution in [0.15, 0.2) is 30.6 Å². The number of carbonyl (C=O) groups is 1. The smallest absolute Gasteiger partial charge is 0.170 e. The molecule has 0 fully saturated rings. The van der Waals surface area contributed by atoms with Crippen molar-refractivity contribution in [3.8, 4) is 5.69 Å². The minimum Gasteiger partial charge on any atom is -0.302 e. The summed E-state index contributed by atoms with van der Waals surface area (Å²) in [6, 6.07) is 6.40. The molecule has 0 bridgehead atoms. The van der Waals surface area contributed by atoms with Gasteiger partial charge in [0.1, 0.15) is 12.0 Å². The number of hydrogen-bond acceptors (Lipinski definition) is 2. The fraction of sp³-hybridized carbons (Fsp3) is 0.200. The average Bonchev–Trinajstić information content (AvgIpc) is 2.82. The van der Waals surface area contributed by atoms with Crippen molar-refractivity contribution in [3.63, 3.8) is 0 Å². The third-order valence-corrected chi connectivity index (χ3v) is 3.36. The van der Waals surface area contributed by atoms with Crippen molar-refractivity contribution in [2.75, 3.05) is 0 Å². The standard InChI is InChI=1S/C15H14N2O/c1-2-3-11-4-6-14-12(8-11)5-7-15-13(9-18)16-10-17(14)15/h2-4,6,8-10H,5,7H2,1H3. The van der Waals surface area contributed by atoms with E-state index in [1.165, 1.54) is 11.1 Å². The number of hydrogen-bond donors (Lipinski definition) is 0. The number of aromatic nitrogens is 2. The van der Waals surface area contributed by atoms with Gasteiger partial charge in [0.2, 0.25) is 0 Å². The monoisotopic (exact) mass is 238 g/mol. The molecule has 2 aromatic rings. The number of carbonyl (C=O) groups excluding carboxylic acids is 1. The first-order valence-electron chi connectivity index (χ1n) is 6.11. The molecule has 2 heterocycles. The van der Waals surface area contributed by atoms with E-state index >= 15 is 0 Å². The highest BCUT2D eigenvalue weighted by Gasteiger charge is 2.19. The highest BCUT2D eigenvalue weighted by atomic mass is 16.1. The van der Waals surface area contributed by atoms with Gasteiger partial charge in [-0.25, -0.2) is 4.98 Å². The summed E-state index contributed by atoms with van der Waals surface area (Å²) in [5.74, 6) is 0. The summed E-state index contributed by atoms with van der Waals surface area (Å²) in [5, 5.41) is 0. The van der Waals surface area contributed by atoms with E-state index in [9.17, 15) is 4.79 Å². The number of imidazole rings is 1. The number of nitrogens with zero attached hydrogens (tertiary/aromatic N) is 2. The summed E-state index contributed by atoms with van der Waals surface area (Å²) >= 11 is 0. The fourth-order valence-electron chi connectivity index (χ4n) is 2.53. The van der Waals surface area contributed by atoms with E-state index in [0.29, 0.717) is 5.69 Å². The SMILES string of the molecule is CC=Cc1ccc2c(c1)CCc1c(C=O)ncn1-2.